The van der Waals surface area contributed by atoms with Crippen molar-refractivity contribution in [1.29, 1.82) is 0 Å². The van der Waals surface area contributed by atoms with E-state index in [1.54, 1.807) is 10.7 Å². The maximum atomic E-state index is 12.7. The fraction of sp³-hybridized carbons (Fsp3) is 0.688. The maximum absolute atomic E-state index is 12.7. The van der Waals surface area contributed by atoms with Crippen LogP contribution in [-0.4, -0.2) is 56.0 Å². The van der Waals surface area contributed by atoms with E-state index in [9.17, 15) is 19.8 Å². The molecule has 2 rings (SSSR count). The van der Waals surface area contributed by atoms with Gasteiger partial charge in [-0.05, 0) is 32.8 Å². The molecule has 1 amide bonds. The summed E-state index contributed by atoms with van der Waals surface area (Å²) in [4.78, 5) is 25.9. The highest BCUT2D eigenvalue weighted by molar-refractivity contribution is 5.93. The number of aliphatic carboxylic acids is 1. The van der Waals surface area contributed by atoms with Gasteiger partial charge in [-0.15, -0.1) is 0 Å². The molecule has 7 heteroatoms. The Kier molecular flexibility index (Phi) is 5.09. The number of nitrogens with zero attached hydrogens (tertiary/aromatic N) is 3. The predicted molar refractivity (Wildman–Crippen MR) is 84.1 cm³/mol. The smallest absolute Gasteiger partial charge is 0.312 e. The Bertz CT molecular complexity index is 598. The number of amides is 1. The van der Waals surface area contributed by atoms with Gasteiger partial charge in [0.05, 0.1) is 17.2 Å². The molecule has 2 N–H and O–H groups in total. The van der Waals surface area contributed by atoms with Gasteiger partial charge in [-0.3, -0.25) is 14.3 Å². The molecule has 1 aliphatic rings. The van der Waals surface area contributed by atoms with Gasteiger partial charge in [0, 0.05) is 19.6 Å². The third-order valence-electron chi connectivity index (χ3n) is 4.69. The highest BCUT2D eigenvalue weighted by Gasteiger charge is 2.48. The van der Waals surface area contributed by atoms with Gasteiger partial charge in [-0.1, -0.05) is 13.3 Å². The number of carboxylic acids is 1. The van der Waals surface area contributed by atoms with Crippen molar-refractivity contribution in [3.8, 4) is 0 Å². The number of aliphatic hydroxyl groups excluding tert-OH is 1. The van der Waals surface area contributed by atoms with Crippen LogP contribution >= 0.6 is 0 Å². The van der Waals surface area contributed by atoms with E-state index in [4.69, 9.17) is 0 Å². The second-order valence-corrected chi connectivity index (χ2v) is 6.21. The van der Waals surface area contributed by atoms with Gasteiger partial charge in [-0.2, -0.15) is 5.10 Å². The molecule has 2 atom stereocenters. The maximum Gasteiger partial charge on any atom is 0.312 e. The van der Waals surface area contributed by atoms with Crippen molar-refractivity contribution in [2.75, 3.05) is 13.1 Å². The van der Waals surface area contributed by atoms with Crippen LogP contribution in [0.5, 0.6) is 0 Å². The van der Waals surface area contributed by atoms with Crippen LogP contribution in [0, 0.1) is 12.3 Å². The molecule has 0 aliphatic carbocycles. The van der Waals surface area contributed by atoms with Crippen molar-refractivity contribution < 1.29 is 19.8 Å². The summed E-state index contributed by atoms with van der Waals surface area (Å²) in [5.74, 6) is -1.18. The van der Waals surface area contributed by atoms with Crippen LogP contribution in [0.4, 0.5) is 0 Å². The number of carboxylic acid groups (broad SMARTS) is 1. The lowest BCUT2D eigenvalue weighted by atomic mass is 9.73. The van der Waals surface area contributed by atoms with E-state index in [1.165, 1.54) is 4.90 Å². The Morgan fingerprint density at radius 3 is 2.65 bits per heavy atom. The first-order chi connectivity index (χ1) is 10.9. The van der Waals surface area contributed by atoms with Crippen LogP contribution in [0.15, 0.2) is 6.07 Å². The number of carbonyl (C=O) groups is 2. The number of likely N-dealkylation sites (tertiary alicyclic amines) is 1. The number of aromatic nitrogens is 2. The van der Waals surface area contributed by atoms with Gasteiger partial charge < -0.3 is 15.1 Å². The topological polar surface area (TPSA) is 95.7 Å². The minimum absolute atomic E-state index is 0.0407. The first kappa shape index (κ1) is 17.5. The lowest BCUT2D eigenvalue weighted by Gasteiger charge is -2.42. The first-order valence-electron chi connectivity index (χ1n) is 8.11. The van der Waals surface area contributed by atoms with Gasteiger partial charge in [0.15, 0.2) is 0 Å². The largest absolute Gasteiger partial charge is 0.481 e. The number of β-amino-alcohol motifs (C(OH)–C–C–N with tert-alkyl or cyclic N) is 1. The summed E-state index contributed by atoms with van der Waals surface area (Å²) in [7, 11) is 0. The number of carbonyl (C=O) groups excluding carboxylic acids is 1. The van der Waals surface area contributed by atoms with Crippen molar-refractivity contribution >= 4 is 11.9 Å². The van der Waals surface area contributed by atoms with Crippen LogP contribution in [0.1, 0.15) is 49.3 Å². The molecule has 1 aliphatic heterocycles. The number of aryl methyl sites for hydroxylation is 2. The Balaban J connectivity index is 2.19. The second kappa shape index (κ2) is 6.70. The van der Waals surface area contributed by atoms with Crippen LogP contribution in [0.25, 0.3) is 0 Å². The van der Waals surface area contributed by atoms with Gasteiger partial charge >= 0.3 is 5.97 Å². The lowest BCUT2D eigenvalue weighted by molar-refractivity contribution is -0.162. The van der Waals surface area contributed by atoms with E-state index in [-0.39, 0.29) is 18.9 Å². The molecule has 1 aromatic rings. The normalized spacial score (nSPS) is 24.7. The van der Waals surface area contributed by atoms with Gasteiger partial charge in [0.1, 0.15) is 5.69 Å². The molecule has 1 fully saturated rings. The second-order valence-electron chi connectivity index (χ2n) is 6.21. The van der Waals surface area contributed by atoms with Crippen molar-refractivity contribution in [2.45, 2.75) is 52.7 Å². The summed E-state index contributed by atoms with van der Waals surface area (Å²) >= 11 is 0. The predicted octanol–water partition coefficient (Wildman–Crippen LogP) is 1.29. The third kappa shape index (κ3) is 3.10. The summed E-state index contributed by atoms with van der Waals surface area (Å²) < 4.78 is 1.63. The van der Waals surface area contributed by atoms with Crippen molar-refractivity contribution in [3.63, 3.8) is 0 Å². The summed E-state index contributed by atoms with van der Waals surface area (Å²) in [5, 5.41) is 24.2. The molecule has 7 nitrogen and oxygen atoms in total. The van der Waals surface area contributed by atoms with Gasteiger partial charge in [-0.25, -0.2) is 0 Å². The summed E-state index contributed by atoms with van der Waals surface area (Å²) in [6.07, 6.45) is 0.302. The van der Waals surface area contributed by atoms with E-state index in [1.807, 2.05) is 20.8 Å². The van der Waals surface area contributed by atoms with Crippen molar-refractivity contribution in [1.82, 2.24) is 14.7 Å². The van der Waals surface area contributed by atoms with Crippen LogP contribution < -0.4 is 0 Å². The SMILES string of the molecule is CCC[C@]1(C(=O)O)CCN(C(=O)c2cc(C)nn2CC)C[C@H]1O. The molecule has 1 aromatic heterocycles. The summed E-state index contributed by atoms with van der Waals surface area (Å²) in [5.41, 5.74) is 0.0982. The molecule has 1 saturated heterocycles. The highest BCUT2D eigenvalue weighted by atomic mass is 16.4. The first-order valence-corrected chi connectivity index (χ1v) is 8.11. The standard InChI is InChI=1S/C16H25N3O4/c1-4-6-16(15(22)23)7-8-18(10-13(16)20)14(21)12-9-11(3)17-19(12)5-2/h9,13,20H,4-8,10H2,1-3H3,(H,22,23)/t13-,16+/m1/s1. The quantitative estimate of drug-likeness (QED) is 0.851. The highest BCUT2D eigenvalue weighted by Crippen LogP contribution is 2.37. The summed E-state index contributed by atoms with van der Waals surface area (Å²) in [6.45, 7) is 6.59. The van der Waals surface area contributed by atoms with E-state index in [0.717, 1.165) is 5.69 Å². The monoisotopic (exact) mass is 323 g/mol. The number of piperidine rings is 1. The zero-order valence-corrected chi connectivity index (χ0v) is 13.9. The lowest BCUT2D eigenvalue weighted by Crippen LogP contribution is -2.56. The molecule has 0 bridgehead atoms. The Morgan fingerprint density at radius 1 is 1.43 bits per heavy atom. The Hall–Kier alpha value is -1.89. The fourth-order valence-electron chi connectivity index (χ4n) is 3.38. The minimum Gasteiger partial charge on any atom is -0.481 e. The van der Waals surface area contributed by atoms with Crippen molar-refractivity contribution in [3.05, 3.63) is 17.5 Å². The minimum atomic E-state index is -1.15. The summed E-state index contributed by atoms with van der Waals surface area (Å²) in [6, 6.07) is 1.73. The molecule has 0 unspecified atom stereocenters. The molecule has 23 heavy (non-hydrogen) atoms. The zero-order valence-electron chi connectivity index (χ0n) is 13.9. The van der Waals surface area contributed by atoms with Crippen LogP contribution in [-0.2, 0) is 11.3 Å². The van der Waals surface area contributed by atoms with E-state index in [2.05, 4.69) is 5.10 Å². The van der Waals surface area contributed by atoms with Crippen LogP contribution in [0.2, 0.25) is 0 Å². The number of rotatable bonds is 5. The average Bonchev–Trinajstić information content (AvgIpc) is 2.89. The van der Waals surface area contributed by atoms with Gasteiger partial charge in [0.2, 0.25) is 0 Å². The fourth-order valence-corrected chi connectivity index (χ4v) is 3.38. The third-order valence-corrected chi connectivity index (χ3v) is 4.69. The number of hydrogen-bond acceptors (Lipinski definition) is 4. The van der Waals surface area contributed by atoms with E-state index in [0.29, 0.717) is 31.6 Å². The van der Waals surface area contributed by atoms with Crippen LogP contribution in [0.3, 0.4) is 0 Å². The molecular formula is C16H25N3O4. The van der Waals surface area contributed by atoms with E-state index < -0.39 is 17.5 Å². The van der Waals surface area contributed by atoms with Crippen molar-refractivity contribution in [2.24, 2.45) is 5.41 Å². The molecule has 0 spiro atoms. The zero-order chi connectivity index (χ0) is 17.2. The van der Waals surface area contributed by atoms with Gasteiger partial charge in [0.25, 0.3) is 5.91 Å². The molecule has 2 heterocycles. The molecule has 0 radical (unpaired) electrons. The molecular weight excluding hydrogens is 298 g/mol. The molecule has 0 aromatic carbocycles. The molecule has 128 valence electrons. The number of aliphatic hydroxyl groups is 1. The Morgan fingerprint density at radius 2 is 2.13 bits per heavy atom. The number of hydrogen-bond donors (Lipinski definition) is 2. The Labute approximate surface area is 135 Å². The molecule has 0 saturated carbocycles. The average molecular weight is 323 g/mol. The van der Waals surface area contributed by atoms with E-state index >= 15 is 0 Å².